The molecular weight excluding hydrogens is 399 g/mol. The number of halogens is 2. The molecular formula is C12H12BrIO3. The van der Waals surface area contributed by atoms with Crippen LogP contribution in [0.4, 0.5) is 0 Å². The van der Waals surface area contributed by atoms with Gasteiger partial charge in [-0.15, -0.1) is 0 Å². The Morgan fingerprint density at radius 1 is 1.29 bits per heavy atom. The summed E-state index contributed by atoms with van der Waals surface area (Å²) in [4.78, 5) is 0. The molecule has 1 aliphatic heterocycles. The Bertz CT molecular complexity index is 401. The summed E-state index contributed by atoms with van der Waals surface area (Å²) in [6, 6.07) is 5.97. The van der Waals surface area contributed by atoms with Crippen LogP contribution in [-0.4, -0.2) is 12.9 Å². The van der Waals surface area contributed by atoms with E-state index in [9.17, 15) is 0 Å². The highest BCUT2D eigenvalue weighted by Gasteiger charge is 2.11. The highest BCUT2D eigenvalue weighted by Crippen LogP contribution is 2.24. The Morgan fingerprint density at radius 2 is 2.06 bits per heavy atom. The molecule has 0 unspecified atom stereocenters. The van der Waals surface area contributed by atoms with E-state index in [0.717, 1.165) is 23.1 Å². The molecule has 5 heteroatoms. The molecule has 2 rings (SSSR count). The molecule has 0 aliphatic carbocycles. The highest BCUT2D eigenvalue weighted by atomic mass is 127. The van der Waals surface area contributed by atoms with Crippen LogP contribution in [0.15, 0.2) is 35.2 Å². The van der Waals surface area contributed by atoms with Gasteiger partial charge in [0, 0.05) is 14.5 Å². The van der Waals surface area contributed by atoms with E-state index in [-0.39, 0.29) is 6.29 Å². The number of benzene rings is 1. The summed E-state index contributed by atoms with van der Waals surface area (Å²) in [5.41, 5.74) is 0. The maximum Gasteiger partial charge on any atom is 0.239 e. The SMILES string of the molecule is Brc1cc(OCCCC2OC=CO2)ccc1I. The molecule has 1 aromatic carbocycles. The van der Waals surface area contributed by atoms with Crippen molar-refractivity contribution in [3.8, 4) is 5.75 Å². The van der Waals surface area contributed by atoms with Crippen molar-refractivity contribution in [2.45, 2.75) is 19.1 Å². The van der Waals surface area contributed by atoms with Gasteiger partial charge in [0.2, 0.25) is 6.29 Å². The van der Waals surface area contributed by atoms with Gasteiger partial charge in [-0.1, -0.05) is 0 Å². The van der Waals surface area contributed by atoms with Gasteiger partial charge in [0.25, 0.3) is 0 Å². The molecule has 0 saturated heterocycles. The fourth-order valence-corrected chi connectivity index (χ4v) is 2.11. The van der Waals surface area contributed by atoms with Crippen molar-refractivity contribution in [2.75, 3.05) is 6.61 Å². The number of ether oxygens (including phenoxy) is 3. The van der Waals surface area contributed by atoms with E-state index in [1.807, 2.05) is 18.2 Å². The van der Waals surface area contributed by atoms with Crippen molar-refractivity contribution >= 4 is 38.5 Å². The lowest BCUT2D eigenvalue weighted by Gasteiger charge is -2.11. The number of hydrogen-bond acceptors (Lipinski definition) is 3. The van der Waals surface area contributed by atoms with Gasteiger partial charge in [-0.05, 0) is 63.1 Å². The topological polar surface area (TPSA) is 27.7 Å². The van der Waals surface area contributed by atoms with Gasteiger partial charge in [-0.3, -0.25) is 0 Å². The Kier molecular flexibility index (Phi) is 4.97. The molecule has 3 nitrogen and oxygen atoms in total. The second-order valence-corrected chi connectivity index (χ2v) is 5.56. The average molecular weight is 411 g/mol. The number of hydrogen-bond donors (Lipinski definition) is 0. The quantitative estimate of drug-likeness (QED) is 0.541. The van der Waals surface area contributed by atoms with Gasteiger partial charge in [-0.2, -0.15) is 0 Å². The lowest BCUT2D eigenvalue weighted by molar-refractivity contribution is -0.0310. The van der Waals surface area contributed by atoms with Crippen molar-refractivity contribution in [3.63, 3.8) is 0 Å². The molecule has 0 N–H and O–H groups in total. The molecule has 92 valence electrons. The van der Waals surface area contributed by atoms with Crippen LogP contribution in [0.3, 0.4) is 0 Å². The van der Waals surface area contributed by atoms with Crippen molar-refractivity contribution in [1.29, 1.82) is 0 Å². The predicted octanol–water partition coefficient (Wildman–Crippen LogP) is 4.06. The summed E-state index contributed by atoms with van der Waals surface area (Å²) in [5.74, 6) is 0.878. The summed E-state index contributed by atoms with van der Waals surface area (Å²) in [7, 11) is 0. The minimum atomic E-state index is -0.137. The maximum absolute atomic E-state index is 5.64. The Morgan fingerprint density at radius 3 is 2.76 bits per heavy atom. The first-order valence-corrected chi connectivity index (χ1v) is 7.16. The Balaban J connectivity index is 1.69. The zero-order chi connectivity index (χ0) is 12.1. The normalized spacial score (nSPS) is 14.5. The molecule has 1 aliphatic rings. The van der Waals surface area contributed by atoms with E-state index in [0.29, 0.717) is 6.61 Å². The standard InChI is InChI=1S/C12H12BrIO3/c13-10-8-9(3-4-11(10)14)15-5-1-2-12-16-6-7-17-12/h3-4,6-8,12H,1-2,5H2. The van der Waals surface area contributed by atoms with Crippen LogP contribution in [0, 0.1) is 3.57 Å². The third kappa shape index (κ3) is 4.06. The molecule has 1 heterocycles. The smallest absolute Gasteiger partial charge is 0.239 e. The van der Waals surface area contributed by atoms with Gasteiger partial charge in [0.05, 0.1) is 6.61 Å². The lowest BCUT2D eigenvalue weighted by Crippen LogP contribution is -2.09. The first-order chi connectivity index (χ1) is 8.25. The zero-order valence-corrected chi connectivity index (χ0v) is 12.8. The molecule has 0 atom stereocenters. The lowest BCUT2D eigenvalue weighted by atomic mass is 10.3. The summed E-state index contributed by atoms with van der Waals surface area (Å²) in [6.07, 6.45) is 4.74. The van der Waals surface area contributed by atoms with Crippen LogP contribution in [0.5, 0.6) is 5.75 Å². The van der Waals surface area contributed by atoms with Gasteiger partial charge in [0.1, 0.15) is 18.3 Å². The van der Waals surface area contributed by atoms with E-state index in [2.05, 4.69) is 38.5 Å². The van der Waals surface area contributed by atoms with Crippen LogP contribution in [0.2, 0.25) is 0 Å². The van der Waals surface area contributed by atoms with E-state index in [1.54, 1.807) is 12.5 Å². The van der Waals surface area contributed by atoms with Gasteiger partial charge in [-0.25, -0.2) is 0 Å². The molecule has 0 bridgehead atoms. The summed E-state index contributed by atoms with van der Waals surface area (Å²) < 4.78 is 18.2. The van der Waals surface area contributed by atoms with Crippen molar-refractivity contribution in [2.24, 2.45) is 0 Å². The van der Waals surface area contributed by atoms with Crippen LogP contribution in [0.25, 0.3) is 0 Å². The van der Waals surface area contributed by atoms with E-state index in [4.69, 9.17) is 14.2 Å². The Labute approximate surface area is 122 Å². The third-order valence-electron chi connectivity index (χ3n) is 2.26. The molecule has 0 radical (unpaired) electrons. The van der Waals surface area contributed by atoms with Crippen LogP contribution in [0.1, 0.15) is 12.8 Å². The number of rotatable bonds is 5. The summed E-state index contributed by atoms with van der Waals surface area (Å²) in [5, 5.41) is 0. The van der Waals surface area contributed by atoms with Crippen LogP contribution in [-0.2, 0) is 9.47 Å². The largest absolute Gasteiger partial charge is 0.494 e. The van der Waals surface area contributed by atoms with Crippen molar-refractivity contribution < 1.29 is 14.2 Å². The average Bonchev–Trinajstić information content (AvgIpc) is 2.82. The fourth-order valence-electron chi connectivity index (χ4n) is 1.41. The van der Waals surface area contributed by atoms with Gasteiger partial charge >= 0.3 is 0 Å². The second kappa shape index (κ2) is 6.49. The fraction of sp³-hybridized carbons (Fsp3) is 0.333. The van der Waals surface area contributed by atoms with E-state index < -0.39 is 0 Å². The Hall–Kier alpha value is -0.430. The van der Waals surface area contributed by atoms with Crippen molar-refractivity contribution in [1.82, 2.24) is 0 Å². The third-order valence-corrected chi connectivity index (χ3v) is 4.60. The highest BCUT2D eigenvalue weighted by molar-refractivity contribution is 14.1. The van der Waals surface area contributed by atoms with E-state index in [1.165, 1.54) is 3.57 Å². The summed E-state index contributed by atoms with van der Waals surface area (Å²) in [6.45, 7) is 0.663. The predicted molar refractivity (Wildman–Crippen MR) is 76.7 cm³/mol. The summed E-state index contributed by atoms with van der Waals surface area (Å²) >= 11 is 5.74. The van der Waals surface area contributed by atoms with Gasteiger partial charge in [0.15, 0.2) is 0 Å². The van der Waals surface area contributed by atoms with Crippen LogP contribution >= 0.6 is 38.5 Å². The zero-order valence-electron chi connectivity index (χ0n) is 9.07. The van der Waals surface area contributed by atoms with Crippen LogP contribution < -0.4 is 4.74 Å². The maximum atomic E-state index is 5.64. The second-order valence-electron chi connectivity index (χ2n) is 3.54. The molecule has 0 fully saturated rings. The first-order valence-electron chi connectivity index (χ1n) is 5.29. The molecule has 0 spiro atoms. The van der Waals surface area contributed by atoms with E-state index >= 15 is 0 Å². The molecule has 17 heavy (non-hydrogen) atoms. The molecule has 0 aromatic heterocycles. The minimum Gasteiger partial charge on any atom is -0.494 e. The molecule has 0 saturated carbocycles. The monoisotopic (exact) mass is 410 g/mol. The first kappa shape index (κ1) is 13.0. The van der Waals surface area contributed by atoms with Gasteiger partial charge < -0.3 is 14.2 Å². The molecule has 1 aromatic rings. The minimum absolute atomic E-state index is 0.137. The van der Waals surface area contributed by atoms with Crippen molar-refractivity contribution in [3.05, 3.63) is 38.8 Å². The molecule has 0 amide bonds.